The van der Waals surface area contributed by atoms with Gasteiger partial charge in [0.2, 0.25) is 0 Å². The molecule has 0 radical (unpaired) electrons. The van der Waals surface area contributed by atoms with Crippen molar-refractivity contribution in [3.63, 3.8) is 0 Å². The number of benzene rings is 1. The SMILES string of the molecule is C[CH2][Ge]([CH2]C)([CH2]C)[O]c1c(I)cc(C(C)(C)C)cc1C(C)(C)C. The van der Waals surface area contributed by atoms with E-state index in [1.165, 1.54) is 36.2 Å². The fourth-order valence-electron chi connectivity index (χ4n) is 2.87. The fraction of sp³-hybridized carbons (Fsp3) is 0.700. The molecule has 0 unspecified atom stereocenters. The Hall–Kier alpha value is 0.293. The minimum absolute atomic E-state index is 0.0969. The third-order valence-corrected chi connectivity index (χ3v) is 15.2. The van der Waals surface area contributed by atoms with Crippen molar-refractivity contribution in [2.75, 3.05) is 0 Å². The van der Waals surface area contributed by atoms with E-state index in [2.05, 4.69) is 97.0 Å². The summed E-state index contributed by atoms with van der Waals surface area (Å²) in [7, 11) is 0. The van der Waals surface area contributed by atoms with Crippen LogP contribution >= 0.6 is 22.6 Å². The van der Waals surface area contributed by atoms with Crippen LogP contribution in [0.5, 0.6) is 5.75 Å². The molecule has 0 amide bonds. The molecule has 0 aliphatic carbocycles. The topological polar surface area (TPSA) is 9.23 Å². The third-order valence-electron chi connectivity index (χ3n) is 4.97. The van der Waals surface area contributed by atoms with Gasteiger partial charge in [-0.2, -0.15) is 0 Å². The van der Waals surface area contributed by atoms with Crippen LogP contribution in [0.15, 0.2) is 12.1 Å². The van der Waals surface area contributed by atoms with Gasteiger partial charge >= 0.3 is 161 Å². The fourth-order valence-corrected chi connectivity index (χ4v) is 9.47. The van der Waals surface area contributed by atoms with Crippen molar-refractivity contribution < 1.29 is 3.76 Å². The monoisotopic (exact) mass is 492 g/mol. The van der Waals surface area contributed by atoms with Gasteiger partial charge in [-0.05, 0) is 0 Å². The van der Waals surface area contributed by atoms with Crippen molar-refractivity contribution in [2.24, 2.45) is 0 Å². The quantitative estimate of drug-likeness (QED) is 0.311. The van der Waals surface area contributed by atoms with Gasteiger partial charge in [0.05, 0.1) is 0 Å². The van der Waals surface area contributed by atoms with E-state index in [1.54, 1.807) is 0 Å². The number of rotatable bonds is 5. The summed E-state index contributed by atoms with van der Waals surface area (Å²) in [5.41, 5.74) is 3.04. The molecule has 0 aromatic heterocycles. The second-order valence-corrected chi connectivity index (χ2v) is 19.7. The molecular weight excluding hydrogens is 456 g/mol. The van der Waals surface area contributed by atoms with E-state index in [0.29, 0.717) is 0 Å². The molecule has 0 atom stereocenters. The first-order valence-corrected chi connectivity index (χ1v) is 15.3. The van der Waals surface area contributed by atoms with Crippen LogP contribution in [0.25, 0.3) is 0 Å². The molecule has 1 rings (SSSR count). The second-order valence-electron chi connectivity index (χ2n) is 8.68. The van der Waals surface area contributed by atoms with Gasteiger partial charge in [0.25, 0.3) is 0 Å². The summed E-state index contributed by atoms with van der Waals surface area (Å²) in [6.07, 6.45) is 0. The summed E-state index contributed by atoms with van der Waals surface area (Å²) < 4.78 is 8.17. The molecule has 0 bridgehead atoms. The molecule has 0 saturated heterocycles. The van der Waals surface area contributed by atoms with Crippen LogP contribution in [0.2, 0.25) is 15.8 Å². The maximum atomic E-state index is 6.89. The van der Waals surface area contributed by atoms with Gasteiger partial charge in [0.1, 0.15) is 0 Å². The van der Waals surface area contributed by atoms with E-state index in [4.69, 9.17) is 3.76 Å². The van der Waals surface area contributed by atoms with Crippen molar-refractivity contribution in [1.82, 2.24) is 0 Å². The summed E-state index contributed by atoms with van der Waals surface area (Å²) in [5, 5.41) is 3.69. The third kappa shape index (κ3) is 5.13. The number of hydrogen-bond donors (Lipinski definition) is 0. The molecule has 0 spiro atoms. The van der Waals surface area contributed by atoms with Gasteiger partial charge in [-0.1, -0.05) is 0 Å². The van der Waals surface area contributed by atoms with Gasteiger partial charge in [0.15, 0.2) is 0 Å². The number of halogens is 1. The van der Waals surface area contributed by atoms with Crippen molar-refractivity contribution in [3.05, 3.63) is 26.8 Å². The minimum atomic E-state index is -2.23. The van der Waals surface area contributed by atoms with E-state index in [-0.39, 0.29) is 10.8 Å². The Morgan fingerprint density at radius 3 is 1.70 bits per heavy atom. The maximum absolute atomic E-state index is 6.89. The van der Waals surface area contributed by atoms with Gasteiger partial charge in [-0.25, -0.2) is 0 Å². The van der Waals surface area contributed by atoms with E-state index in [1.807, 2.05) is 0 Å². The molecule has 0 N–H and O–H groups in total. The molecule has 3 heteroatoms. The Bertz CT molecular complexity index is 526. The molecule has 1 aromatic rings. The average molecular weight is 491 g/mol. The summed E-state index contributed by atoms with van der Waals surface area (Å²) in [6.45, 7) is 20.7. The second kappa shape index (κ2) is 7.67. The van der Waals surface area contributed by atoms with Crippen LogP contribution < -0.4 is 3.76 Å². The molecule has 23 heavy (non-hydrogen) atoms. The average Bonchev–Trinajstić information content (AvgIpc) is 2.44. The normalized spacial score (nSPS) is 13.3. The van der Waals surface area contributed by atoms with Crippen LogP contribution in [0.3, 0.4) is 0 Å². The Morgan fingerprint density at radius 1 is 0.870 bits per heavy atom. The first kappa shape index (κ1) is 21.3. The van der Waals surface area contributed by atoms with Crippen molar-refractivity contribution in [2.45, 2.75) is 88.9 Å². The summed E-state index contributed by atoms with van der Waals surface area (Å²) in [5.74, 6) is 1.18. The van der Waals surface area contributed by atoms with Crippen molar-refractivity contribution >= 4 is 36.2 Å². The predicted octanol–water partition coefficient (Wildman–Crippen LogP) is 7.27. The van der Waals surface area contributed by atoms with Gasteiger partial charge in [0, 0.05) is 0 Å². The first-order valence-electron chi connectivity index (χ1n) is 8.93. The van der Waals surface area contributed by atoms with Crippen LogP contribution in [-0.4, -0.2) is 13.6 Å². The Morgan fingerprint density at radius 2 is 1.35 bits per heavy atom. The standard InChI is InChI=1S/C20H35GeIO/c1-10-21(11-2,12-3)23-18-16(20(7,8)9)13-15(14-17(18)22)19(4,5)6/h13-14H,10-12H2,1-9H3. The number of hydrogen-bond acceptors (Lipinski definition) is 1. The zero-order chi connectivity index (χ0) is 18.1. The van der Waals surface area contributed by atoms with Gasteiger partial charge in [-0.3, -0.25) is 0 Å². The van der Waals surface area contributed by atoms with Crippen LogP contribution in [0.4, 0.5) is 0 Å². The van der Waals surface area contributed by atoms with E-state index in [0.717, 1.165) is 0 Å². The molecule has 1 nitrogen and oxygen atoms in total. The van der Waals surface area contributed by atoms with Gasteiger partial charge in [-0.15, -0.1) is 0 Å². The zero-order valence-corrected chi connectivity index (χ0v) is 20.8. The summed E-state index contributed by atoms with van der Waals surface area (Å²) in [4.78, 5) is 0. The van der Waals surface area contributed by atoms with Crippen molar-refractivity contribution in [3.8, 4) is 5.75 Å². The molecule has 1 aromatic carbocycles. The molecule has 0 saturated carbocycles. The molecule has 132 valence electrons. The molecule has 0 heterocycles. The van der Waals surface area contributed by atoms with Gasteiger partial charge < -0.3 is 0 Å². The first-order chi connectivity index (χ1) is 10.4. The molecule has 0 aliphatic heterocycles. The van der Waals surface area contributed by atoms with E-state index in [9.17, 15) is 0 Å². The Labute approximate surface area is 160 Å². The van der Waals surface area contributed by atoms with E-state index < -0.39 is 13.6 Å². The van der Waals surface area contributed by atoms with Crippen LogP contribution in [-0.2, 0) is 10.8 Å². The van der Waals surface area contributed by atoms with Crippen LogP contribution in [0, 0.1) is 3.57 Å². The van der Waals surface area contributed by atoms with Crippen LogP contribution in [0.1, 0.15) is 73.4 Å². The molecule has 0 aliphatic rings. The Kier molecular flexibility index (Phi) is 7.12. The summed E-state index contributed by atoms with van der Waals surface area (Å²) >= 11 is 0.252. The molecule has 0 fully saturated rings. The summed E-state index contributed by atoms with van der Waals surface area (Å²) in [6, 6.07) is 4.73. The predicted molar refractivity (Wildman–Crippen MR) is 114 cm³/mol. The Balaban J connectivity index is 3.54. The zero-order valence-electron chi connectivity index (χ0n) is 16.6. The van der Waals surface area contributed by atoms with E-state index >= 15 is 0 Å². The van der Waals surface area contributed by atoms with Crippen molar-refractivity contribution in [1.29, 1.82) is 0 Å². The molecular formula is C20H35GeIO.